The van der Waals surface area contributed by atoms with Crippen molar-refractivity contribution >= 4 is 21.8 Å². The average Bonchev–Trinajstić information content (AvgIpc) is 2.87. The molecule has 2 rings (SSSR count). The van der Waals surface area contributed by atoms with Crippen molar-refractivity contribution in [1.29, 1.82) is 0 Å². The molecule has 2 N–H and O–H groups in total. The topological polar surface area (TPSA) is 65.2 Å². The van der Waals surface area contributed by atoms with Gasteiger partial charge in [0.1, 0.15) is 16.0 Å². The number of carbonyl (C=O) groups excluding carboxylic acids is 1. The highest BCUT2D eigenvalue weighted by Gasteiger charge is 2.24. The number of aromatic nitrogens is 1. The van der Waals surface area contributed by atoms with Gasteiger partial charge in [-0.1, -0.05) is 0 Å². The lowest BCUT2D eigenvalue weighted by molar-refractivity contribution is 0.0995. The average molecular weight is 257 g/mol. The zero-order chi connectivity index (χ0) is 10.1. The quantitative estimate of drug-likeness (QED) is 0.834. The van der Waals surface area contributed by atoms with Crippen LogP contribution in [0.15, 0.2) is 16.7 Å². The number of primary amides is 1. The second-order valence-electron chi connectivity index (χ2n) is 3.19. The van der Waals surface area contributed by atoms with E-state index in [1.165, 1.54) is 0 Å². The van der Waals surface area contributed by atoms with E-state index in [0.717, 1.165) is 12.8 Å². The smallest absolute Gasteiger partial charge is 0.267 e. The maximum absolute atomic E-state index is 10.9. The number of ether oxygens (including phenoxy) is 1. The highest BCUT2D eigenvalue weighted by molar-refractivity contribution is 9.10. The number of pyridine rings is 1. The van der Waals surface area contributed by atoms with E-state index in [4.69, 9.17) is 10.5 Å². The van der Waals surface area contributed by atoms with Gasteiger partial charge in [0.2, 0.25) is 0 Å². The summed E-state index contributed by atoms with van der Waals surface area (Å²) in [6.45, 7) is 0. The fourth-order valence-electron chi connectivity index (χ4n) is 1.05. The van der Waals surface area contributed by atoms with Gasteiger partial charge in [-0.3, -0.25) is 4.79 Å². The molecule has 0 bridgehead atoms. The Morgan fingerprint density at radius 3 is 2.86 bits per heavy atom. The molecule has 1 fully saturated rings. The largest absolute Gasteiger partial charge is 0.490 e. The third-order valence-corrected chi connectivity index (χ3v) is 2.25. The number of amides is 1. The number of hydrogen-bond donors (Lipinski definition) is 1. The van der Waals surface area contributed by atoms with Crippen LogP contribution < -0.4 is 10.5 Å². The van der Waals surface area contributed by atoms with Crippen LogP contribution in [-0.2, 0) is 0 Å². The minimum Gasteiger partial charge on any atom is -0.490 e. The number of halogens is 1. The normalized spacial score (nSPS) is 15.2. The number of nitrogens with zero attached hydrogens (tertiary/aromatic N) is 1. The van der Waals surface area contributed by atoms with Crippen molar-refractivity contribution in [3.05, 3.63) is 22.4 Å². The molecule has 0 spiro atoms. The van der Waals surface area contributed by atoms with Gasteiger partial charge in [0.25, 0.3) is 5.91 Å². The Kier molecular flexibility index (Phi) is 2.41. The molecule has 74 valence electrons. The lowest BCUT2D eigenvalue weighted by atomic mass is 10.3. The second-order valence-corrected chi connectivity index (χ2v) is 4.00. The van der Waals surface area contributed by atoms with Gasteiger partial charge in [0.15, 0.2) is 0 Å². The van der Waals surface area contributed by atoms with Crippen LogP contribution in [0, 0.1) is 0 Å². The first-order chi connectivity index (χ1) is 6.65. The third kappa shape index (κ3) is 2.23. The summed E-state index contributed by atoms with van der Waals surface area (Å²) in [4.78, 5) is 14.8. The highest BCUT2D eigenvalue weighted by atomic mass is 79.9. The Hall–Kier alpha value is -1.10. The van der Waals surface area contributed by atoms with Crippen LogP contribution >= 0.6 is 15.9 Å². The van der Waals surface area contributed by atoms with Gasteiger partial charge in [0.05, 0.1) is 6.10 Å². The second kappa shape index (κ2) is 3.57. The maximum atomic E-state index is 10.9. The van der Waals surface area contributed by atoms with E-state index in [-0.39, 0.29) is 5.69 Å². The van der Waals surface area contributed by atoms with Gasteiger partial charge in [-0.05, 0) is 28.8 Å². The van der Waals surface area contributed by atoms with Crippen molar-refractivity contribution in [3.63, 3.8) is 0 Å². The number of carbonyl (C=O) groups is 1. The first kappa shape index (κ1) is 9.45. The van der Waals surface area contributed by atoms with E-state index in [0.29, 0.717) is 16.5 Å². The number of nitrogens with two attached hydrogens (primary N) is 1. The number of hydrogen-bond acceptors (Lipinski definition) is 3. The maximum Gasteiger partial charge on any atom is 0.267 e. The van der Waals surface area contributed by atoms with Crippen LogP contribution in [0.25, 0.3) is 0 Å². The molecule has 0 atom stereocenters. The summed E-state index contributed by atoms with van der Waals surface area (Å²) in [5, 5.41) is 0. The monoisotopic (exact) mass is 256 g/mol. The fraction of sp³-hybridized carbons (Fsp3) is 0.333. The summed E-state index contributed by atoms with van der Waals surface area (Å²) in [6.07, 6.45) is 2.45. The molecular formula is C9H9BrN2O2. The van der Waals surface area contributed by atoms with Crippen LogP contribution in [0.5, 0.6) is 5.75 Å². The third-order valence-electron chi connectivity index (χ3n) is 1.85. The molecule has 0 unspecified atom stereocenters. The molecule has 1 aliphatic carbocycles. The summed E-state index contributed by atoms with van der Waals surface area (Å²) in [6, 6.07) is 3.29. The molecule has 1 aliphatic rings. The van der Waals surface area contributed by atoms with Crippen molar-refractivity contribution < 1.29 is 9.53 Å². The Labute approximate surface area is 89.6 Å². The molecule has 5 heteroatoms. The SMILES string of the molecule is NC(=O)c1cc(OC2CC2)cc(Br)n1. The first-order valence-corrected chi connectivity index (χ1v) is 5.08. The van der Waals surface area contributed by atoms with Crippen molar-refractivity contribution in [3.8, 4) is 5.75 Å². The number of rotatable bonds is 3. The summed E-state index contributed by atoms with van der Waals surface area (Å²) >= 11 is 3.19. The van der Waals surface area contributed by atoms with Gasteiger partial charge in [-0.15, -0.1) is 0 Å². The fourth-order valence-corrected chi connectivity index (χ4v) is 1.46. The Morgan fingerprint density at radius 2 is 2.29 bits per heavy atom. The van der Waals surface area contributed by atoms with Gasteiger partial charge in [0, 0.05) is 12.1 Å². The van der Waals surface area contributed by atoms with Crippen LogP contribution in [0.2, 0.25) is 0 Å². The molecule has 1 saturated carbocycles. The van der Waals surface area contributed by atoms with E-state index in [2.05, 4.69) is 20.9 Å². The molecule has 0 aliphatic heterocycles. The summed E-state index contributed by atoms with van der Waals surface area (Å²) in [5.41, 5.74) is 5.34. The van der Waals surface area contributed by atoms with Crippen molar-refractivity contribution in [2.45, 2.75) is 18.9 Å². The molecule has 4 nitrogen and oxygen atoms in total. The Balaban J connectivity index is 2.25. The first-order valence-electron chi connectivity index (χ1n) is 4.29. The van der Waals surface area contributed by atoms with Gasteiger partial charge >= 0.3 is 0 Å². The predicted molar refractivity (Wildman–Crippen MR) is 54.1 cm³/mol. The standard InChI is InChI=1S/C9H9BrN2O2/c10-8-4-6(14-5-1-2-5)3-7(12-8)9(11)13/h3-5H,1-2H2,(H2,11,13). The molecule has 14 heavy (non-hydrogen) atoms. The summed E-state index contributed by atoms with van der Waals surface area (Å²) in [5.74, 6) is 0.0927. The Bertz CT molecular complexity index is 377. The van der Waals surface area contributed by atoms with Gasteiger partial charge in [-0.25, -0.2) is 4.98 Å². The minimum atomic E-state index is -0.549. The van der Waals surface area contributed by atoms with Gasteiger partial charge in [-0.2, -0.15) is 0 Å². The van der Waals surface area contributed by atoms with Crippen LogP contribution in [0.1, 0.15) is 23.3 Å². The molecule has 0 saturated heterocycles. The van der Waals surface area contributed by atoms with E-state index >= 15 is 0 Å². The van der Waals surface area contributed by atoms with E-state index in [1.54, 1.807) is 12.1 Å². The zero-order valence-electron chi connectivity index (χ0n) is 7.37. The minimum absolute atomic E-state index is 0.218. The Morgan fingerprint density at radius 1 is 1.57 bits per heavy atom. The highest BCUT2D eigenvalue weighted by Crippen LogP contribution is 2.28. The molecule has 0 aromatic carbocycles. The lowest BCUT2D eigenvalue weighted by Gasteiger charge is -2.05. The summed E-state index contributed by atoms with van der Waals surface area (Å²) < 4.78 is 6.08. The van der Waals surface area contributed by atoms with E-state index in [9.17, 15) is 4.79 Å². The van der Waals surface area contributed by atoms with Crippen molar-refractivity contribution in [2.75, 3.05) is 0 Å². The molecule has 1 heterocycles. The van der Waals surface area contributed by atoms with Crippen molar-refractivity contribution in [2.24, 2.45) is 5.73 Å². The van der Waals surface area contributed by atoms with E-state index < -0.39 is 5.91 Å². The van der Waals surface area contributed by atoms with Crippen LogP contribution in [0.3, 0.4) is 0 Å². The molecule has 1 aromatic rings. The van der Waals surface area contributed by atoms with E-state index in [1.807, 2.05) is 0 Å². The predicted octanol–water partition coefficient (Wildman–Crippen LogP) is 1.48. The molecule has 1 aromatic heterocycles. The summed E-state index contributed by atoms with van der Waals surface area (Å²) in [7, 11) is 0. The zero-order valence-corrected chi connectivity index (χ0v) is 8.95. The molecule has 1 amide bonds. The molecule has 0 radical (unpaired) electrons. The van der Waals surface area contributed by atoms with Crippen LogP contribution in [0.4, 0.5) is 0 Å². The van der Waals surface area contributed by atoms with Crippen LogP contribution in [-0.4, -0.2) is 17.0 Å². The van der Waals surface area contributed by atoms with Gasteiger partial charge < -0.3 is 10.5 Å². The lowest BCUT2D eigenvalue weighted by Crippen LogP contribution is -2.13. The van der Waals surface area contributed by atoms with Crippen molar-refractivity contribution in [1.82, 2.24) is 4.98 Å². The molecular weight excluding hydrogens is 248 g/mol.